The molecule has 0 spiro atoms. The molecule has 0 saturated carbocycles. The van der Waals surface area contributed by atoms with Gasteiger partial charge in [-0.25, -0.2) is 4.79 Å². The van der Waals surface area contributed by atoms with Crippen molar-refractivity contribution in [2.45, 2.75) is 47.2 Å². The van der Waals surface area contributed by atoms with Crippen molar-refractivity contribution in [3.05, 3.63) is 69.9 Å². The molecule has 0 radical (unpaired) electrons. The molecule has 0 atom stereocenters. The van der Waals surface area contributed by atoms with Crippen LogP contribution in [0.1, 0.15) is 54.2 Å². The molecule has 1 saturated heterocycles. The number of hydrogen-bond donors (Lipinski definition) is 2. The Morgan fingerprint density at radius 2 is 1.83 bits per heavy atom. The molecule has 218 valence electrons. The first-order valence-corrected chi connectivity index (χ1v) is 14.6. The highest BCUT2D eigenvalue weighted by Crippen LogP contribution is 2.38. The fourth-order valence-corrected chi connectivity index (χ4v) is 5.47. The van der Waals surface area contributed by atoms with E-state index in [0.717, 1.165) is 73.0 Å². The number of nitrogens with zero attached hydrogens (tertiary/aromatic N) is 5. The second kappa shape index (κ2) is 11.7. The number of piperazine rings is 1. The fraction of sp³-hybridized carbons (Fsp3) is 0.452. The van der Waals surface area contributed by atoms with Gasteiger partial charge in [0.05, 0.1) is 24.1 Å². The molecule has 5 rings (SSSR count). The van der Waals surface area contributed by atoms with Crippen LogP contribution in [-0.2, 0) is 20.1 Å². The highest BCUT2D eigenvalue weighted by atomic mass is 35.5. The number of hydrogen-bond acceptors (Lipinski definition) is 5. The van der Waals surface area contributed by atoms with Gasteiger partial charge in [0.1, 0.15) is 5.82 Å². The summed E-state index contributed by atoms with van der Waals surface area (Å²) in [5.74, 6) is 0.715. The van der Waals surface area contributed by atoms with Gasteiger partial charge in [-0.05, 0) is 66.8 Å². The normalized spacial score (nSPS) is 15.6. The molecule has 3 amide bonds. The number of carbonyl (C=O) groups excluding carboxylic acids is 2. The number of benzene rings is 2. The highest BCUT2D eigenvalue weighted by Gasteiger charge is 2.28. The second-order valence-corrected chi connectivity index (χ2v) is 12.7. The lowest BCUT2D eigenvalue weighted by Gasteiger charge is -2.36. The predicted octanol–water partition coefficient (Wildman–Crippen LogP) is 5.55. The van der Waals surface area contributed by atoms with Crippen LogP contribution >= 0.6 is 11.6 Å². The Morgan fingerprint density at radius 3 is 2.54 bits per heavy atom. The van der Waals surface area contributed by atoms with E-state index >= 15 is 0 Å². The number of rotatable bonds is 5. The zero-order chi connectivity index (χ0) is 29.3. The van der Waals surface area contributed by atoms with Crippen LogP contribution in [0, 0.1) is 12.3 Å². The van der Waals surface area contributed by atoms with E-state index in [1.54, 1.807) is 21.8 Å². The van der Waals surface area contributed by atoms with Gasteiger partial charge >= 0.3 is 6.03 Å². The third-order valence-electron chi connectivity index (χ3n) is 7.95. The van der Waals surface area contributed by atoms with E-state index < -0.39 is 0 Å². The van der Waals surface area contributed by atoms with Gasteiger partial charge in [-0.2, -0.15) is 5.10 Å². The average Bonchev–Trinajstić information content (AvgIpc) is 3.18. The molecule has 9 nitrogen and oxygen atoms in total. The number of aromatic nitrogens is 2. The summed E-state index contributed by atoms with van der Waals surface area (Å²) in [4.78, 5) is 32.8. The van der Waals surface area contributed by atoms with Gasteiger partial charge in [-0.15, -0.1) is 0 Å². The topological polar surface area (TPSA) is 85.7 Å². The minimum atomic E-state index is -0.116. The van der Waals surface area contributed by atoms with Gasteiger partial charge in [0.25, 0.3) is 5.91 Å². The van der Waals surface area contributed by atoms with Crippen LogP contribution in [0.3, 0.4) is 0 Å². The molecule has 0 bridgehead atoms. The summed E-state index contributed by atoms with van der Waals surface area (Å²) in [7, 11) is 1.86. The van der Waals surface area contributed by atoms with E-state index in [0.29, 0.717) is 29.1 Å². The quantitative estimate of drug-likeness (QED) is 0.415. The molecular weight excluding hydrogens is 538 g/mol. The molecule has 10 heteroatoms. The molecule has 2 aliphatic rings. The SMILES string of the molecule is Cc1cc(C(=O)N2Cc3cnn(C)c3Nc3cc(Cl)ccc32)ccc1CNC(=O)N1CCN(CCC(C)(C)C)CC1. The number of urea groups is 1. The highest BCUT2D eigenvalue weighted by molar-refractivity contribution is 6.31. The summed E-state index contributed by atoms with van der Waals surface area (Å²) in [5, 5.41) is 11.4. The van der Waals surface area contributed by atoms with Crippen molar-refractivity contribution < 1.29 is 9.59 Å². The molecular formula is C31H40ClN7O2. The minimum absolute atomic E-state index is 0.0420. The summed E-state index contributed by atoms with van der Waals surface area (Å²) in [6.07, 6.45) is 2.93. The van der Waals surface area contributed by atoms with E-state index in [4.69, 9.17) is 11.6 Å². The summed E-state index contributed by atoms with van der Waals surface area (Å²) in [6, 6.07) is 11.1. The number of halogens is 1. The molecule has 3 heterocycles. The predicted molar refractivity (Wildman–Crippen MR) is 164 cm³/mol. The summed E-state index contributed by atoms with van der Waals surface area (Å²) in [5.41, 5.74) is 5.25. The van der Waals surface area contributed by atoms with Gasteiger partial charge in [0, 0.05) is 55.9 Å². The van der Waals surface area contributed by atoms with Crippen LogP contribution in [-0.4, -0.2) is 64.2 Å². The molecule has 1 fully saturated rings. The standard InChI is InChI=1S/C31H40ClN7O2/c1-21-16-22(6-7-23(21)18-33-30(41)38-14-12-37(13-15-38)11-10-31(2,3)4)29(40)39-20-24-19-34-36(5)28(24)35-26-17-25(32)8-9-27(26)39/h6-9,16-17,19,35H,10-15,18,20H2,1-5H3,(H,33,41). The number of amides is 3. The van der Waals surface area contributed by atoms with Crippen molar-refractivity contribution in [2.24, 2.45) is 12.5 Å². The lowest BCUT2D eigenvalue weighted by molar-refractivity contribution is 0.0985. The number of carbonyl (C=O) groups is 2. The Hall–Kier alpha value is -3.56. The maximum absolute atomic E-state index is 13.8. The van der Waals surface area contributed by atoms with Crippen molar-refractivity contribution in [2.75, 3.05) is 42.9 Å². The third kappa shape index (κ3) is 6.68. The maximum atomic E-state index is 13.8. The van der Waals surface area contributed by atoms with Crippen LogP contribution in [0.15, 0.2) is 42.6 Å². The molecule has 2 aliphatic heterocycles. The van der Waals surface area contributed by atoms with Gasteiger partial charge in [0.15, 0.2) is 0 Å². The molecule has 41 heavy (non-hydrogen) atoms. The monoisotopic (exact) mass is 577 g/mol. The lowest BCUT2D eigenvalue weighted by Crippen LogP contribution is -2.52. The Morgan fingerprint density at radius 1 is 1.07 bits per heavy atom. The van der Waals surface area contributed by atoms with Crippen LogP contribution in [0.25, 0.3) is 0 Å². The zero-order valence-corrected chi connectivity index (χ0v) is 25.4. The molecule has 3 aromatic rings. The van der Waals surface area contributed by atoms with Crippen molar-refractivity contribution in [3.63, 3.8) is 0 Å². The fourth-order valence-electron chi connectivity index (χ4n) is 5.30. The average molecular weight is 578 g/mol. The summed E-state index contributed by atoms with van der Waals surface area (Å²) >= 11 is 6.29. The first-order valence-electron chi connectivity index (χ1n) is 14.2. The van der Waals surface area contributed by atoms with E-state index in [1.807, 2.05) is 49.2 Å². The smallest absolute Gasteiger partial charge is 0.317 e. The first-order chi connectivity index (χ1) is 19.5. The summed E-state index contributed by atoms with van der Waals surface area (Å²) < 4.78 is 1.76. The molecule has 2 N–H and O–H groups in total. The maximum Gasteiger partial charge on any atom is 0.317 e. The number of nitrogens with one attached hydrogen (secondary N) is 2. The van der Waals surface area contributed by atoms with Crippen molar-refractivity contribution >= 4 is 40.7 Å². The number of aryl methyl sites for hydroxylation is 2. The largest absolute Gasteiger partial charge is 0.338 e. The lowest BCUT2D eigenvalue weighted by atomic mass is 9.92. The Balaban J connectivity index is 1.23. The number of fused-ring (bicyclic) bond motifs is 2. The molecule has 0 unspecified atom stereocenters. The minimum Gasteiger partial charge on any atom is -0.338 e. The Kier molecular flexibility index (Phi) is 8.29. The van der Waals surface area contributed by atoms with Gasteiger partial charge in [-0.3, -0.25) is 14.4 Å². The third-order valence-corrected chi connectivity index (χ3v) is 8.18. The van der Waals surface area contributed by atoms with Crippen LogP contribution in [0.5, 0.6) is 0 Å². The molecule has 2 aromatic carbocycles. The van der Waals surface area contributed by atoms with Crippen LogP contribution < -0.4 is 15.5 Å². The van der Waals surface area contributed by atoms with Crippen molar-refractivity contribution in [1.82, 2.24) is 24.9 Å². The van der Waals surface area contributed by atoms with Crippen molar-refractivity contribution in [1.29, 1.82) is 0 Å². The van der Waals surface area contributed by atoms with E-state index in [-0.39, 0.29) is 11.9 Å². The van der Waals surface area contributed by atoms with E-state index in [9.17, 15) is 9.59 Å². The van der Waals surface area contributed by atoms with Gasteiger partial charge in [-0.1, -0.05) is 38.4 Å². The first kappa shape index (κ1) is 29.0. The van der Waals surface area contributed by atoms with E-state index in [1.165, 1.54) is 0 Å². The molecule has 0 aliphatic carbocycles. The molecule has 1 aromatic heterocycles. The Labute approximate surface area is 247 Å². The van der Waals surface area contributed by atoms with Crippen molar-refractivity contribution in [3.8, 4) is 0 Å². The van der Waals surface area contributed by atoms with E-state index in [2.05, 4.69) is 41.4 Å². The van der Waals surface area contributed by atoms with Gasteiger partial charge < -0.3 is 20.4 Å². The van der Waals surface area contributed by atoms with Gasteiger partial charge in [0.2, 0.25) is 0 Å². The Bertz CT molecular complexity index is 1440. The van der Waals surface area contributed by atoms with Crippen LogP contribution in [0.2, 0.25) is 5.02 Å². The zero-order valence-electron chi connectivity index (χ0n) is 24.6. The number of anilines is 3. The van der Waals surface area contributed by atoms with Crippen LogP contribution in [0.4, 0.5) is 22.0 Å². The summed E-state index contributed by atoms with van der Waals surface area (Å²) in [6.45, 7) is 13.9. The second-order valence-electron chi connectivity index (χ2n) is 12.3.